The van der Waals surface area contributed by atoms with Crippen LogP contribution in [0.5, 0.6) is 0 Å². The van der Waals surface area contributed by atoms with Crippen molar-refractivity contribution in [1.82, 2.24) is 58.5 Å². The average Bonchev–Trinajstić information content (AvgIpc) is 3.37. The van der Waals surface area contributed by atoms with Crippen LogP contribution in [0.2, 0.25) is 0 Å². The van der Waals surface area contributed by atoms with Crippen LogP contribution in [0, 0.1) is 5.92 Å². The highest BCUT2D eigenvalue weighted by Gasteiger charge is 2.38. The number of nitrogens with one attached hydrogen (secondary N) is 11. The Hall–Kier alpha value is -6.15. The van der Waals surface area contributed by atoms with Gasteiger partial charge in [0.2, 0.25) is 65.0 Å². The van der Waals surface area contributed by atoms with Crippen molar-refractivity contribution in [3.8, 4) is 0 Å². The smallest absolute Gasteiger partial charge is 0.245 e. The molecule has 0 aromatic carbocycles. The zero-order valence-electron chi connectivity index (χ0n) is 46.5. The topological polar surface area (TPSA) is 511 Å². The number of nitrogens with two attached hydrogens (primary N) is 5. The van der Waals surface area contributed by atoms with Crippen LogP contribution in [-0.4, -0.2) is 198 Å². The van der Waals surface area contributed by atoms with Crippen molar-refractivity contribution in [2.45, 2.75) is 197 Å². The molecule has 24 N–H and O–H groups in total. The predicted molar refractivity (Wildman–Crippen MR) is 289 cm³/mol. The molecule has 30 nitrogen and oxygen atoms in total. The van der Waals surface area contributed by atoms with Crippen LogP contribution in [0.15, 0.2) is 0 Å². The number of carbonyl (C=O) groups is 11. The Bertz CT molecular complexity index is 2000. The van der Waals surface area contributed by atoms with E-state index >= 15 is 0 Å². The molecule has 1 unspecified atom stereocenters. The SMILES string of the molecule is CCCCCCC(=O)N[C@@H](CCN)C(=O)N[C@H](C(=O)N[C@H](CCN)C(=O)N[C@H]1CCNC(=O)[C@H]([C@@H](C)O)NC(=O)[C@H](CCN)NC(=O)[C@H](CCN)NC(=O)[C@H]([C@@H](C)O)NC(=O)C(CC(C)C)NC(=O)[C@H](CCN)NC1=O)[C@@H](C)O. The molecule has 0 bridgehead atoms. The van der Waals surface area contributed by atoms with Crippen LogP contribution in [0.4, 0.5) is 0 Å². The molecule has 79 heavy (non-hydrogen) atoms. The minimum absolute atomic E-state index is 0.0194. The zero-order valence-corrected chi connectivity index (χ0v) is 46.5. The van der Waals surface area contributed by atoms with E-state index in [0.29, 0.717) is 6.42 Å². The van der Waals surface area contributed by atoms with Gasteiger partial charge in [0.1, 0.15) is 60.4 Å². The highest BCUT2D eigenvalue weighted by atomic mass is 16.3. The van der Waals surface area contributed by atoms with Crippen molar-refractivity contribution in [2.24, 2.45) is 34.6 Å². The lowest BCUT2D eigenvalue weighted by Crippen LogP contribution is -2.62. The molecule has 1 heterocycles. The van der Waals surface area contributed by atoms with Gasteiger partial charge in [-0.1, -0.05) is 40.0 Å². The van der Waals surface area contributed by atoms with Gasteiger partial charge < -0.3 is 102 Å². The van der Waals surface area contributed by atoms with E-state index in [1.165, 1.54) is 20.8 Å². The molecule has 0 aromatic heterocycles. The molecule has 1 aliphatic rings. The minimum Gasteiger partial charge on any atom is -0.391 e. The molecule has 0 aliphatic carbocycles. The fraction of sp³-hybridized carbons (Fsp3) is 0.776. The minimum atomic E-state index is -1.73. The Morgan fingerprint density at radius 1 is 0.532 bits per heavy atom. The molecule has 11 amide bonds. The molecule has 13 atom stereocenters. The lowest BCUT2D eigenvalue weighted by Gasteiger charge is -2.29. The summed E-state index contributed by atoms with van der Waals surface area (Å²) in [5.74, 6) is -10.6. The van der Waals surface area contributed by atoms with Gasteiger partial charge in [-0.15, -0.1) is 0 Å². The number of aliphatic hydroxyl groups excluding tert-OH is 3. The Morgan fingerprint density at radius 2 is 0.987 bits per heavy atom. The van der Waals surface area contributed by atoms with E-state index in [1.54, 1.807) is 13.8 Å². The van der Waals surface area contributed by atoms with Crippen molar-refractivity contribution in [1.29, 1.82) is 0 Å². The summed E-state index contributed by atoms with van der Waals surface area (Å²) >= 11 is 0. The quantitative estimate of drug-likeness (QED) is 0.0340. The zero-order chi connectivity index (χ0) is 59.9. The average molecular weight is 1130 g/mol. The van der Waals surface area contributed by atoms with Crippen molar-refractivity contribution >= 4 is 65.0 Å². The van der Waals surface area contributed by atoms with Gasteiger partial charge in [-0.25, -0.2) is 0 Å². The predicted octanol–water partition coefficient (Wildman–Crippen LogP) is -7.74. The third kappa shape index (κ3) is 25.7. The summed E-state index contributed by atoms with van der Waals surface area (Å²) < 4.78 is 0. The van der Waals surface area contributed by atoms with Gasteiger partial charge in [0, 0.05) is 13.0 Å². The molecule has 30 heteroatoms. The Balaban J connectivity index is 3.82. The summed E-state index contributed by atoms with van der Waals surface area (Å²) in [5.41, 5.74) is 29.0. The first-order chi connectivity index (χ1) is 37.3. The molecule has 1 aliphatic heterocycles. The summed E-state index contributed by atoms with van der Waals surface area (Å²) in [7, 11) is 0. The van der Waals surface area contributed by atoms with E-state index in [0.717, 1.165) is 19.3 Å². The van der Waals surface area contributed by atoms with Crippen LogP contribution in [-0.2, 0) is 52.7 Å². The summed E-state index contributed by atoms with van der Waals surface area (Å²) in [5, 5.41) is 59.2. The first kappa shape index (κ1) is 70.9. The lowest BCUT2D eigenvalue weighted by molar-refractivity contribution is -0.137. The maximum absolute atomic E-state index is 14.3. The Kier molecular flexibility index (Phi) is 33.8. The van der Waals surface area contributed by atoms with E-state index in [-0.39, 0.29) is 83.6 Å². The lowest BCUT2D eigenvalue weighted by atomic mass is 10.0. The molecular formula is C49H92N16O14. The first-order valence-corrected chi connectivity index (χ1v) is 27.2. The van der Waals surface area contributed by atoms with Gasteiger partial charge in [-0.3, -0.25) is 52.7 Å². The van der Waals surface area contributed by atoms with E-state index in [2.05, 4.69) is 58.5 Å². The fourth-order valence-electron chi connectivity index (χ4n) is 8.17. The number of hydrogen-bond acceptors (Lipinski definition) is 19. The molecule has 1 fully saturated rings. The fourth-order valence-corrected chi connectivity index (χ4v) is 8.17. The largest absolute Gasteiger partial charge is 0.391 e. The monoisotopic (exact) mass is 1130 g/mol. The van der Waals surface area contributed by atoms with Crippen LogP contribution in [0.3, 0.4) is 0 Å². The summed E-state index contributed by atoms with van der Waals surface area (Å²) in [6, 6.07) is -15.4. The van der Waals surface area contributed by atoms with Gasteiger partial charge in [0.15, 0.2) is 0 Å². The van der Waals surface area contributed by atoms with Crippen molar-refractivity contribution in [2.75, 3.05) is 39.3 Å². The standard InChI is InChI=1S/C49H92N16O14/c1-7-8-9-10-11-36(69)56-29(12-18-50)44(74)64-38(27(5)67)48(78)61-32(15-21-53)41(71)59-34-17-23-55-47(77)37(26(4)66)63-45(75)33(16-22-54)58-40(70)31(14-20-52)60-49(79)39(28(6)68)65-46(76)35(24-25(2)3)62-42(72)30(13-19-51)57-43(34)73/h25-35,37-39,66-68H,7-24,50-54H2,1-6H3,(H,55,77)(H,56,69)(H,57,73)(H,58,70)(H,59,71)(H,60,79)(H,61,78)(H,62,72)(H,63,75)(H,64,74)(H,65,76)/t26-,27-,28-,29+,30+,31+,32-,33+,34+,35?,37+,38+,39+/m1/s1. The number of unbranched alkanes of at least 4 members (excludes halogenated alkanes) is 3. The van der Waals surface area contributed by atoms with Gasteiger partial charge in [-0.2, -0.15) is 0 Å². The first-order valence-electron chi connectivity index (χ1n) is 27.2. The maximum Gasteiger partial charge on any atom is 0.245 e. The van der Waals surface area contributed by atoms with Crippen LogP contribution in [0.25, 0.3) is 0 Å². The van der Waals surface area contributed by atoms with Crippen molar-refractivity contribution < 1.29 is 68.1 Å². The molecule has 452 valence electrons. The number of amides is 11. The molecule has 0 aromatic rings. The van der Waals surface area contributed by atoms with E-state index < -0.39 is 157 Å². The Morgan fingerprint density at radius 3 is 1.46 bits per heavy atom. The van der Waals surface area contributed by atoms with Gasteiger partial charge >= 0.3 is 0 Å². The van der Waals surface area contributed by atoms with E-state index in [1.807, 2.05) is 6.92 Å². The second-order valence-corrected chi connectivity index (χ2v) is 20.1. The molecule has 0 spiro atoms. The third-order valence-electron chi connectivity index (χ3n) is 12.6. The molecule has 0 saturated carbocycles. The maximum atomic E-state index is 14.3. The van der Waals surface area contributed by atoms with Crippen molar-refractivity contribution in [3.63, 3.8) is 0 Å². The van der Waals surface area contributed by atoms with Gasteiger partial charge in [0.05, 0.1) is 18.3 Å². The molecule has 1 rings (SSSR count). The van der Waals surface area contributed by atoms with Crippen LogP contribution < -0.4 is 87.2 Å². The number of rotatable bonds is 27. The summed E-state index contributed by atoms with van der Waals surface area (Å²) in [6.45, 7) is 7.74. The third-order valence-corrected chi connectivity index (χ3v) is 12.6. The summed E-state index contributed by atoms with van der Waals surface area (Å²) in [6.07, 6.45) is -2.83. The van der Waals surface area contributed by atoms with Gasteiger partial charge in [0.25, 0.3) is 0 Å². The van der Waals surface area contributed by atoms with Crippen LogP contribution in [0.1, 0.15) is 119 Å². The van der Waals surface area contributed by atoms with E-state index in [4.69, 9.17) is 28.7 Å². The normalized spacial score (nSPS) is 23.8. The highest BCUT2D eigenvalue weighted by molar-refractivity contribution is 5.99. The number of aliphatic hydroxyl groups is 3. The highest BCUT2D eigenvalue weighted by Crippen LogP contribution is 2.11. The number of carbonyl (C=O) groups excluding carboxylic acids is 11. The Labute approximate surface area is 461 Å². The molecular weight excluding hydrogens is 1040 g/mol. The molecule has 0 radical (unpaired) electrons. The second kappa shape index (κ2) is 37.7. The van der Waals surface area contributed by atoms with E-state index in [9.17, 15) is 68.1 Å². The molecule has 1 saturated heterocycles. The second-order valence-electron chi connectivity index (χ2n) is 20.1. The number of hydrogen-bond donors (Lipinski definition) is 19. The summed E-state index contributed by atoms with van der Waals surface area (Å²) in [4.78, 5) is 151. The van der Waals surface area contributed by atoms with Crippen molar-refractivity contribution in [3.05, 3.63) is 0 Å². The van der Waals surface area contributed by atoms with Gasteiger partial charge in [-0.05, 0) is 111 Å². The van der Waals surface area contributed by atoms with Crippen LogP contribution >= 0.6 is 0 Å².